The summed E-state index contributed by atoms with van der Waals surface area (Å²) in [4.78, 5) is 10.9. The fourth-order valence-electron chi connectivity index (χ4n) is 3.28. The second-order valence-corrected chi connectivity index (χ2v) is 7.45. The van der Waals surface area contributed by atoms with Gasteiger partial charge in [0.05, 0.1) is 17.6 Å². The van der Waals surface area contributed by atoms with Gasteiger partial charge < -0.3 is 16.0 Å². The Balaban J connectivity index is 1.84. The average Bonchev–Trinajstić information content (AvgIpc) is 3.05. The third-order valence-electron chi connectivity index (χ3n) is 4.86. The summed E-state index contributed by atoms with van der Waals surface area (Å²) in [6.45, 7) is 1.73. The van der Waals surface area contributed by atoms with Gasteiger partial charge in [-0.1, -0.05) is 36.4 Å². The van der Waals surface area contributed by atoms with Crippen molar-refractivity contribution in [3.63, 3.8) is 0 Å². The largest absolute Gasteiger partial charge is 0.383 e. The third kappa shape index (κ3) is 4.31. The van der Waals surface area contributed by atoms with Crippen LogP contribution in [-0.4, -0.2) is 51.8 Å². The van der Waals surface area contributed by atoms with Gasteiger partial charge >= 0.3 is 0 Å². The van der Waals surface area contributed by atoms with Crippen LogP contribution in [0.2, 0.25) is 0 Å². The van der Waals surface area contributed by atoms with E-state index in [1.807, 2.05) is 49.3 Å². The number of nitrogen functional groups attached to an aromatic ring is 1. The van der Waals surface area contributed by atoms with E-state index in [2.05, 4.69) is 20.4 Å². The van der Waals surface area contributed by atoms with Gasteiger partial charge in [0.1, 0.15) is 5.82 Å². The zero-order chi connectivity index (χ0) is 22.0. The van der Waals surface area contributed by atoms with Crippen LogP contribution in [0.4, 0.5) is 20.5 Å². The first-order chi connectivity index (χ1) is 14.9. The van der Waals surface area contributed by atoms with E-state index in [-0.39, 0.29) is 23.0 Å². The minimum atomic E-state index is -0.989. The molecule has 0 aliphatic rings. The quantitative estimate of drug-likeness (QED) is 0.474. The first-order valence-electron chi connectivity index (χ1n) is 9.85. The maximum Gasteiger partial charge on any atom is 0.225 e. The van der Waals surface area contributed by atoms with Crippen molar-refractivity contribution < 1.29 is 8.78 Å². The lowest BCUT2D eigenvalue weighted by molar-refractivity contribution is 0.425. The van der Waals surface area contributed by atoms with Crippen LogP contribution in [-0.2, 0) is 6.54 Å². The minimum absolute atomic E-state index is 0.00835. The van der Waals surface area contributed by atoms with Crippen LogP contribution in [0.3, 0.4) is 0 Å². The molecule has 2 heterocycles. The van der Waals surface area contributed by atoms with Gasteiger partial charge in [0.15, 0.2) is 17.3 Å². The fraction of sp³-hybridized carbons (Fsp3) is 0.227. The van der Waals surface area contributed by atoms with Crippen molar-refractivity contribution >= 4 is 22.8 Å². The van der Waals surface area contributed by atoms with Crippen LogP contribution >= 0.6 is 0 Å². The normalized spacial score (nSPS) is 11.4. The molecule has 4 rings (SSSR count). The van der Waals surface area contributed by atoms with Gasteiger partial charge in [0.2, 0.25) is 5.95 Å². The Morgan fingerprint density at radius 1 is 1.03 bits per heavy atom. The minimum Gasteiger partial charge on any atom is -0.383 e. The van der Waals surface area contributed by atoms with E-state index in [1.165, 1.54) is 12.1 Å². The zero-order valence-electron chi connectivity index (χ0n) is 17.3. The van der Waals surface area contributed by atoms with Gasteiger partial charge in [-0.2, -0.15) is 4.98 Å². The lowest BCUT2D eigenvalue weighted by Crippen LogP contribution is -2.21. The Bertz CT molecular complexity index is 1210. The summed E-state index contributed by atoms with van der Waals surface area (Å²) in [5.41, 5.74) is 7.90. The highest BCUT2D eigenvalue weighted by Gasteiger charge is 2.21. The number of rotatable bonds is 7. The molecule has 0 atom stereocenters. The number of halogens is 2. The van der Waals surface area contributed by atoms with Crippen molar-refractivity contribution in [3.05, 3.63) is 65.7 Å². The molecule has 0 fully saturated rings. The molecule has 0 saturated heterocycles. The Hall–Kier alpha value is -3.59. The second kappa shape index (κ2) is 8.65. The lowest BCUT2D eigenvalue weighted by atomic mass is 10.1. The van der Waals surface area contributed by atoms with Crippen LogP contribution in [0.1, 0.15) is 5.56 Å². The molecule has 2 aromatic heterocycles. The van der Waals surface area contributed by atoms with E-state index in [9.17, 15) is 8.78 Å². The molecule has 9 heteroatoms. The monoisotopic (exact) mass is 423 g/mol. The summed E-state index contributed by atoms with van der Waals surface area (Å²) in [7, 11) is 3.90. The maximum atomic E-state index is 14.7. The van der Waals surface area contributed by atoms with Gasteiger partial charge in [-0.15, -0.1) is 5.10 Å². The summed E-state index contributed by atoms with van der Waals surface area (Å²) in [5, 5.41) is 8.03. The van der Waals surface area contributed by atoms with Crippen LogP contribution in [0.15, 0.2) is 48.5 Å². The molecule has 0 spiro atoms. The zero-order valence-corrected chi connectivity index (χ0v) is 17.3. The average molecular weight is 423 g/mol. The number of nitrogens with two attached hydrogens (primary N) is 1. The van der Waals surface area contributed by atoms with Crippen molar-refractivity contribution in [1.82, 2.24) is 24.6 Å². The molecule has 2 aromatic carbocycles. The Morgan fingerprint density at radius 2 is 1.81 bits per heavy atom. The fourth-order valence-corrected chi connectivity index (χ4v) is 3.28. The van der Waals surface area contributed by atoms with Crippen molar-refractivity contribution in [2.24, 2.45) is 0 Å². The smallest absolute Gasteiger partial charge is 0.225 e. The Kier molecular flexibility index (Phi) is 5.77. The molecule has 0 amide bonds. The first-order valence-corrected chi connectivity index (χ1v) is 9.85. The van der Waals surface area contributed by atoms with Crippen molar-refractivity contribution in [3.8, 4) is 11.3 Å². The second-order valence-electron chi connectivity index (χ2n) is 7.45. The summed E-state index contributed by atoms with van der Waals surface area (Å²) in [5.74, 6) is -1.38. The summed E-state index contributed by atoms with van der Waals surface area (Å²) in [6.07, 6.45) is 0. The number of nitrogens with one attached hydrogen (secondary N) is 1. The predicted molar refractivity (Wildman–Crippen MR) is 118 cm³/mol. The Labute approximate surface area is 178 Å². The number of anilines is 2. The summed E-state index contributed by atoms with van der Waals surface area (Å²) < 4.78 is 30.2. The molecular formula is C22H23F2N7. The number of aromatic nitrogens is 4. The number of hydrogen-bond donors (Lipinski definition) is 2. The maximum absolute atomic E-state index is 14.7. The Morgan fingerprint density at radius 3 is 2.55 bits per heavy atom. The predicted octanol–water partition coefficient (Wildman–Crippen LogP) is 3.38. The number of nitrogens with zero attached hydrogens (tertiary/aromatic N) is 5. The first kappa shape index (κ1) is 20.7. The highest BCUT2D eigenvalue weighted by molar-refractivity contribution is 5.99. The van der Waals surface area contributed by atoms with Crippen LogP contribution in [0, 0.1) is 11.6 Å². The molecule has 31 heavy (non-hydrogen) atoms. The lowest BCUT2D eigenvalue weighted by Gasteiger charge is -2.12. The number of hydrogen-bond acceptors (Lipinski definition) is 6. The van der Waals surface area contributed by atoms with Crippen molar-refractivity contribution in [2.75, 3.05) is 38.2 Å². The summed E-state index contributed by atoms with van der Waals surface area (Å²) in [6, 6.07) is 13.7. The molecular weight excluding hydrogens is 400 g/mol. The molecule has 3 N–H and O–H groups in total. The summed E-state index contributed by atoms with van der Waals surface area (Å²) >= 11 is 0. The van der Waals surface area contributed by atoms with Crippen LogP contribution in [0.5, 0.6) is 0 Å². The van der Waals surface area contributed by atoms with Gasteiger partial charge in [0.25, 0.3) is 0 Å². The SMILES string of the molecule is CN(C)CCNc1nc(-c2cccc(F)c2F)c2c(N)n(Cc3ccccc3)nc2n1. The standard InChI is InChI=1S/C22H23F2N7/c1-30(2)12-11-26-22-27-19(15-9-6-10-16(23)18(15)24)17-20(25)31(29-21(17)28-22)13-14-7-4-3-5-8-14/h3-10H,11-13,25H2,1-2H3,(H,26,28,29). The van der Waals surface area contributed by atoms with Crippen LogP contribution in [0.25, 0.3) is 22.3 Å². The van der Waals surface area contributed by atoms with Crippen molar-refractivity contribution in [2.45, 2.75) is 6.54 Å². The third-order valence-corrected chi connectivity index (χ3v) is 4.86. The number of fused-ring (bicyclic) bond motifs is 1. The van der Waals surface area contributed by atoms with Gasteiger partial charge in [-0.3, -0.25) is 0 Å². The number of likely N-dealkylation sites (N-methyl/N-ethyl adjacent to an activating group) is 1. The topological polar surface area (TPSA) is 84.9 Å². The van der Waals surface area contributed by atoms with E-state index in [4.69, 9.17) is 5.73 Å². The van der Waals surface area contributed by atoms with E-state index in [0.717, 1.165) is 18.2 Å². The highest BCUT2D eigenvalue weighted by atomic mass is 19.2. The molecule has 0 radical (unpaired) electrons. The molecule has 0 aliphatic carbocycles. The molecule has 4 aromatic rings. The van der Waals surface area contributed by atoms with Crippen molar-refractivity contribution in [1.29, 1.82) is 0 Å². The molecule has 160 valence electrons. The molecule has 0 bridgehead atoms. The van der Waals surface area contributed by atoms with E-state index < -0.39 is 11.6 Å². The van der Waals surface area contributed by atoms with Gasteiger partial charge in [-0.05, 0) is 31.8 Å². The van der Waals surface area contributed by atoms with Crippen LogP contribution < -0.4 is 11.1 Å². The van der Waals surface area contributed by atoms with E-state index in [1.54, 1.807) is 4.68 Å². The van der Waals surface area contributed by atoms with Gasteiger partial charge in [-0.25, -0.2) is 18.4 Å². The molecule has 0 aliphatic heterocycles. The highest BCUT2D eigenvalue weighted by Crippen LogP contribution is 2.33. The molecule has 0 unspecified atom stereocenters. The van der Waals surface area contributed by atoms with Gasteiger partial charge in [0, 0.05) is 18.7 Å². The molecule has 0 saturated carbocycles. The number of benzene rings is 2. The van der Waals surface area contributed by atoms with E-state index in [0.29, 0.717) is 24.1 Å². The van der Waals surface area contributed by atoms with E-state index >= 15 is 0 Å². The molecule has 7 nitrogen and oxygen atoms in total.